The standard InChI is InChI=1S/C29H52/c1-4-5-6-7-9-16-23-28(2,3)29(25-18-11-12-19-26-29)24-17-10-8-13-20-27-21-14-15-22-27/h20H,4-19,21-25H2,1-3H3. The fraction of sp³-hybridized carbons (Fsp3) is 0.897. The predicted octanol–water partition coefficient (Wildman–Crippen LogP) is 10.2. The average Bonchev–Trinajstić information content (AvgIpc) is 3.10. The zero-order chi connectivity index (χ0) is 20.8. The zero-order valence-corrected chi connectivity index (χ0v) is 20.4. The maximum absolute atomic E-state index is 4.12. The van der Waals surface area contributed by atoms with Gasteiger partial charge in [0.2, 0.25) is 0 Å². The molecule has 0 heterocycles. The molecule has 2 fully saturated rings. The van der Waals surface area contributed by atoms with Crippen LogP contribution in [0.3, 0.4) is 0 Å². The first kappa shape index (κ1) is 25.0. The summed E-state index contributed by atoms with van der Waals surface area (Å²) >= 11 is 0. The SMILES string of the molecule is CCCCCCCCC(C)(C)C1(CCCCCC=C2CCCC2)[C]CCCCC1. The summed E-state index contributed by atoms with van der Waals surface area (Å²) in [5.41, 5.74) is 2.57. The van der Waals surface area contributed by atoms with Gasteiger partial charge in [-0.25, -0.2) is 0 Å². The van der Waals surface area contributed by atoms with E-state index in [1.165, 1.54) is 135 Å². The van der Waals surface area contributed by atoms with Crippen molar-refractivity contribution in [3.05, 3.63) is 18.1 Å². The molecule has 168 valence electrons. The highest BCUT2D eigenvalue weighted by Crippen LogP contribution is 2.54. The molecule has 2 radical (unpaired) electrons. The molecule has 0 saturated heterocycles. The summed E-state index contributed by atoms with van der Waals surface area (Å²) in [4.78, 5) is 0. The normalized spacial score (nSPS) is 20.0. The molecule has 0 aromatic heterocycles. The average molecular weight is 401 g/mol. The minimum atomic E-state index is 0.386. The van der Waals surface area contributed by atoms with Crippen molar-refractivity contribution in [3.8, 4) is 0 Å². The van der Waals surface area contributed by atoms with Gasteiger partial charge in [0.05, 0.1) is 0 Å². The molecule has 0 nitrogen and oxygen atoms in total. The molecular formula is C29H52. The van der Waals surface area contributed by atoms with Crippen LogP contribution in [0.5, 0.6) is 0 Å². The van der Waals surface area contributed by atoms with Gasteiger partial charge in [-0.15, -0.1) is 0 Å². The van der Waals surface area contributed by atoms with Crippen LogP contribution in [0.2, 0.25) is 0 Å². The Morgan fingerprint density at radius 2 is 1.55 bits per heavy atom. The Kier molecular flexibility index (Phi) is 12.0. The van der Waals surface area contributed by atoms with Gasteiger partial charge in [0.15, 0.2) is 0 Å². The van der Waals surface area contributed by atoms with Gasteiger partial charge in [0, 0.05) is 0 Å². The highest BCUT2D eigenvalue weighted by atomic mass is 14.5. The molecule has 0 heteroatoms. The van der Waals surface area contributed by atoms with E-state index in [0.29, 0.717) is 10.8 Å². The minimum Gasteiger partial charge on any atom is -0.0853 e. The summed E-state index contributed by atoms with van der Waals surface area (Å²) in [7, 11) is 0. The molecule has 1 unspecified atom stereocenters. The van der Waals surface area contributed by atoms with Crippen LogP contribution in [0.4, 0.5) is 0 Å². The lowest BCUT2D eigenvalue weighted by molar-refractivity contribution is 0.0649. The molecule has 2 aliphatic carbocycles. The van der Waals surface area contributed by atoms with E-state index in [9.17, 15) is 0 Å². The van der Waals surface area contributed by atoms with Crippen molar-refractivity contribution in [1.82, 2.24) is 0 Å². The molecule has 0 aromatic rings. The van der Waals surface area contributed by atoms with Gasteiger partial charge in [0.25, 0.3) is 0 Å². The van der Waals surface area contributed by atoms with Crippen LogP contribution in [0.25, 0.3) is 0 Å². The van der Waals surface area contributed by atoms with Crippen LogP contribution in [0.1, 0.15) is 156 Å². The molecule has 2 aliphatic rings. The van der Waals surface area contributed by atoms with E-state index in [0.717, 1.165) is 0 Å². The number of rotatable bonds is 14. The summed E-state index contributed by atoms with van der Waals surface area (Å²) in [6.45, 7) is 7.49. The molecule has 0 amide bonds. The van der Waals surface area contributed by atoms with Gasteiger partial charge < -0.3 is 0 Å². The van der Waals surface area contributed by atoms with Crippen molar-refractivity contribution in [3.63, 3.8) is 0 Å². The fourth-order valence-corrected chi connectivity index (χ4v) is 5.95. The third-order valence-corrected chi connectivity index (χ3v) is 8.18. The Labute approximate surface area is 184 Å². The molecule has 0 bridgehead atoms. The minimum absolute atomic E-state index is 0.386. The van der Waals surface area contributed by atoms with Gasteiger partial charge >= 0.3 is 0 Å². The Morgan fingerprint density at radius 3 is 2.34 bits per heavy atom. The maximum atomic E-state index is 4.12. The molecule has 2 rings (SSSR count). The molecule has 2 saturated carbocycles. The fourth-order valence-electron chi connectivity index (χ4n) is 5.95. The van der Waals surface area contributed by atoms with Crippen molar-refractivity contribution in [2.75, 3.05) is 0 Å². The summed E-state index contributed by atoms with van der Waals surface area (Å²) < 4.78 is 0. The highest BCUT2D eigenvalue weighted by Gasteiger charge is 2.43. The molecule has 0 N–H and O–H groups in total. The number of hydrogen-bond donors (Lipinski definition) is 0. The van der Waals surface area contributed by atoms with Gasteiger partial charge in [-0.1, -0.05) is 103 Å². The van der Waals surface area contributed by atoms with E-state index >= 15 is 0 Å². The van der Waals surface area contributed by atoms with Crippen LogP contribution in [-0.4, -0.2) is 0 Å². The molecule has 0 aromatic carbocycles. The number of unbranched alkanes of at least 4 members (excludes halogenated alkanes) is 8. The van der Waals surface area contributed by atoms with Crippen molar-refractivity contribution in [1.29, 1.82) is 0 Å². The summed E-state index contributed by atoms with van der Waals surface area (Å²) in [5, 5.41) is 0. The lowest BCUT2D eigenvalue weighted by atomic mass is 9.57. The van der Waals surface area contributed by atoms with Gasteiger partial charge in [0.1, 0.15) is 0 Å². The lowest BCUT2D eigenvalue weighted by Gasteiger charge is -2.47. The van der Waals surface area contributed by atoms with E-state index in [-0.39, 0.29) is 0 Å². The topological polar surface area (TPSA) is 0 Å². The van der Waals surface area contributed by atoms with Crippen LogP contribution in [0.15, 0.2) is 11.6 Å². The molecule has 29 heavy (non-hydrogen) atoms. The summed E-state index contributed by atoms with van der Waals surface area (Å²) in [6.07, 6.45) is 36.1. The second-order valence-electron chi connectivity index (χ2n) is 10.9. The first-order chi connectivity index (χ1) is 14.1. The van der Waals surface area contributed by atoms with E-state index in [1.807, 2.05) is 0 Å². The third-order valence-electron chi connectivity index (χ3n) is 8.18. The van der Waals surface area contributed by atoms with Gasteiger partial charge in [-0.3, -0.25) is 0 Å². The second kappa shape index (κ2) is 13.9. The Balaban J connectivity index is 1.78. The van der Waals surface area contributed by atoms with Gasteiger partial charge in [-0.2, -0.15) is 0 Å². The summed E-state index contributed by atoms with van der Waals surface area (Å²) in [6, 6.07) is 0. The number of hydrogen-bond acceptors (Lipinski definition) is 0. The van der Waals surface area contributed by atoms with Crippen molar-refractivity contribution in [2.24, 2.45) is 10.8 Å². The first-order valence-corrected chi connectivity index (χ1v) is 13.5. The zero-order valence-electron chi connectivity index (χ0n) is 20.4. The molecule has 0 aliphatic heterocycles. The van der Waals surface area contributed by atoms with Crippen molar-refractivity contribution < 1.29 is 0 Å². The Hall–Kier alpha value is -0.260. The van der Waals surface area contributed by atoms with Crippen molar-refractivity contribution >= 4 is 0 Å². The Bertz CT molecular complexity index is 425. The molecule has 1 atom stereocenters. The summed E-state index contributed by atoms with van der Waals surface area (Å²) in [5.74, 6) is 0. The predicted molar refractivity (Wildman–Crippen MR) is 130 cm³/mol. The van der Waals surface area contributed by atoms with Gasteiger partial charge in [-0.05, 0) is 81.5 Å². The molecule has 0 spiro atoms. The van der Waals surface area contributed by atoms with Crippen LogP contribution in [-0.2, 0) is 0 Å². The van der Waals surface area contributed by atoms with Crippen molar-refractivity contribution in [2.45, 2.75) is 156 Å². The monoisotopic (exact) mass is 400 g/mol. The van der Waals surface area contributed by atoms with E-state index in [1.54, 1.807) is 5.57 Å². The number of allylic oxidation sites excluding steroid dienone is 2. The van der Waals surface area contributed by atoms with E-state index < -0.39 is 0 Å². The largest absolute Gasteiger partial charge is 0.0853 e. The van der Waals surface area contributed by atoms with Crippen LogP contribution in [0, 0.1) is 17.3 Å². The first-order valence-electron chi connectivity index (χ1n) is 13.5. The maximum Gasteiger partial charge on any atom is -0.0100 e. The van der Waals surface area contributed by atoms with E-state index in [4.69, 9.17) is 0 Å². The smallest absolute Gasteiger partial charge is 0.0100 e. The lowest BCUT2D eigenvalue weighted by Crippen LogP contribution is -2.38. The second-order valence-corrected chi connectivity index (χ2v) is 10.9. The third kappa shape index (κ3) is 8.78. The Morgan fingerprint density at radius 1 is 0.828 bits per heavy atom. The van der Waals surface area contributed by atoms with Crippen LogP contribution < -0.4 is 0 Å². The van der Waals surface area contributed by atoms with E-state index in [2.05, 4.69) is 33.3 Å². The van der Waals surface area contributed by atoms with Crippen LogP contribution >= 0.6 is 0 Å². The quantitative estimate of drug-likeness (QED) is 0.154. The highest BCUT2D eigenvalue weighted by molar-refractivity contribution is 5.06. The molecular weight excluding hydrogens is 348 g/mol.